The summed E-state index contributed by atoms with van der Waals surface area (Å²) in [4.78, 5) is 41.7. The van der Waals surface area contributed by atoms with Crippen LogP contribution in [-0.2, 0) is 20.9 Å². The Morgan fingerprint density at radius 2 is 1.67 bits per heavy atom. The first-order chi connectivity index (χ1) is 15.9. The number of rotatable bonds is 6. The number of hydrogen-bond acceptors (Lipinski definition) is 4. The Bertz CT molecular complexity index is 995. The summed E-state index contributed by atoms with van der Waals surface area (Å²) in [5.74, 6) is 0.411. The van der Waals surface area contributed by atoms with E-state index in [1.165, 1.54) is 0 Å². The lowest BCUT2D eigenvalue weighted by Crippen LogP contribution is -2.45. The van der Waals surface area contributed by atoms with Crippen molar-refractivity contribution in [1.29, 1.82) is 0 Å². The third-order valence-electron chi connectivity index (χ3n) is 6.62. The Labute approximate surface area is 194 Å². The molecule has 2 saturated heterocycles. The van der Waals surface area contributed by atoms with Gasteiger partial charge in [0, 0.05) is 44.2 Å². The van der Waals surface area contributed by atoms with Crippen molar-refractivity contribution in [3.8, 4) is 5.75 Å². The molecule has 7 nitrogen and oxygen atoms in total. The number of carbonyl (C=O) groups excluding carboxylic acids is 3. The van der Waals surface area contributed by atoms with E-state index in [9.17, 15) is 14.4 Å². The SMILES string of the molecule is COc1ccc(CNC(=O)C2CCN(C(=O)[C@H]3CC(=O)N(c4ccc(C)cc4)C3)CC2)cc1. The van der Waals surface area contributed by atoms with E-state index < -0.39 is 0 Å². The van der Waals surface area contributed by atoms with Crippen molar-refractivity contribution in [2.45, 2.75) is 32.7 Å². The first-order valence-electron chi connectivity index (χ1n) is 11.5. The molecule has 0 unspecified atom stereocenters. The lowest BCUT2D eigenvalue weighted by atomic mass is 9.94. The second kappa shape index (κ2) is 10.1. The lowest BCUT2D eigenvalue weighted by Gasteiger charge is -2.33. The monoisotopic (exact) mass is 449 g/mol. The van der Waals surface area contributed by atoms with Gasteiger partial charge in [-0.3, -0.25) is 14.4 Å². The number of carbonyl (C=O) groups is 3. The molecule has 2 aliphatic heterocycles. The molecule has 0 aromatic heterocycles. The van der Waals surface area contributed by atoms with Crippen molar-refractivity contribution in [3.05, 3.63) is 59.7 Å². The second-order valence-electron chi connectivity index (χ2n) is 8.91. The van der Waals surface area contributed by atoms with E-state index in [0.29, 0.717) is 39.0 Å². The largest absolute Gasteiger partial charge is 0.497 e. The minimum Gasteiger partial charge on any atom is -0.497 e. The Morgan fingerprint density at radius 3 is 2.30 bits per heavy atom. The molecule has 2 fully saturated rings. The van der Waals surface area contributed by atoms with Gasteiger partial charge in [-0.2, -0.15) is 0 Å². The first-order valence-corrected chi connectivity index (χ1v) is 11.5. The van der Waals surface area contributed by atoms with Crippen LogP contribution in [-0.4, -0.2) is 49.4 Å². The van der Waals surface area contributed by atoms with E-state index in [-0.39, 0.29) is 36.0 Å². The number of nitrogens with zero attached hydrogens (tertiary/aromatic N) is 2. The van der Waals surface area contributed by atoms with E-state index in [0.717, 1.165) is 22.6 Å². The van der Waals surface area contributed by atoms with Gasteiger partial charge in [-0.1, -0.05) is 29.8 Å². The van der Waals surface area contributed by atoms with E-state index in [2.05, 4.69) is 5.32 Å². The molecular formula is C26H31N3O4. The minimum absolute atomic E-state index is 0.00926. The summed E-state index contributed by atoms with van der Waals surface area (Å²) in [6, 6.07) is 15.4. The minimum atomic E-state index is -0.320. The standard InChI is InChI=1S/C26H31N3O4/c1-18-3-7-22(8-4-18)29-17-21(15-24(29)30)26(32)28-13-11-20(12-14-28)25(31)27-16-19-5-9-23(33-2)10-6-19/h3-10,20-21H,11-17H2,1-2H3,(H,27,31)/t21-/m0/s1. The normalized spacial score (nSPS) is 19.0. The summed E-state index contributed by atoms with van der Waals surface area (Å²) in [7, 11) is 1.62. The van der Waals surface area contributed by atoms with Crippen LogP contribution in [0.15, 0.2) is 48.5 Å². The van der Waals surface area contributed by atoms with Crippen molar-refractivity contribution >= 4 is 23.4 Å². The summed E-state index contributed by atoms with van der Waals surface area (Å²) in [6.07, 6.45) is 1.53. The molecule has 174 valence electrons. The number of hydrogen-bond donors (Lipinski definition) is 1. The third-order valence-corrected chi connectivity index (χ3v) is 6.62. The van der Waals surface area contributed by atoms with Crippen LogP contribution in [0.3, 0.4) is 0 Å². The van der Waals surface area contributed by atoms with Crippen molar-refractivity contribution < 1.29 is 19.1 Å². The molecule has 0 bridgehead atoms. The number of amides is 3. The smallest absolute Gasteiger partial charge is 0.228 e. The zero-order chi connectivity index (χ0) is 23.4. The van der Waals surface area contributed by atoms with Crippen molar-refractivity contribution in [1.82, 2.24) is 10.2 Å². The molecule has 0 aliphatic carbocycles. The van der Waals surface area contributed by atoms with Gasteiger partial charge in [0.25, 0.3) is 0 Å². The number of anilines is 1. The molecule has 2 aromatic carbocycles. The van der Waals surface area contributed by atoms with Crippen LogP contribution in [0.4, 0.5) is 5.69 Å². The Hall–Kier alpha value is -3.35. The Balaban J connectivity index is 1.25. The van der Waals surface area contributed by atoms with Gasteiger partial charge in [-0.25, -0.2) is 0 Å². The van der Waals surface area contributed by atoms with Gasteiger partial charge in [0.2, 0.25) is 17.7 Å². The van der Waals surface area contributed by atoms with Crippen LogP contribution in [0.1, 0.15) is 30.4 Å². The topological polar surface area (TPSA) is 79.0 Å². The van der Waals surface area contributed by atoms with Crippen LogP contribution >= 0.6 is 0 Å². The van der Waals surface area contributed by atoms with Crippen LogP contribution in [0, 0.1) is 18.8 Å². The average Bonchev–Trinajstić information content (AvgIpc) is 3.24. The number of piperidine rings is 1. The maximum absolute atomic E-state index is 13.1. The quantitative estimate of drug-likeness (QED) is 0.736. The van der Waals surface area contributed by atoms with Crippen molar-refractivity contribution in [2.75, 3.05) is 31.6 Å². The highest BCUT2D eigenvalue weighted by molar-refractivity contribution is 6.00. The van der Waals surface area contributed by atoms with Gasteiger partial charge >= 0.3 is 0 Å². The van der Waals surface area contributed by atoms with Gasteiger partial charge in [-0.05, 0) is 49.6 Å². The first kappa shape index (κ1) is 22.8. The molecule has 0 saturated carbocycles. The van der Waals surface area contributed by atoms with Crippen LogP contribution < -0.4 is 15.0 Å². The lowest BCUT2D eigenvalue weighted by molar-refractivity contribution is -0.139. The molecule has 33 heavy (non-hydrogen) atoms. The van der Waals surface area contributed by atoms with Crippen LogP contribution in [0.5, 0.6) is 5.75 Å². The van der Waals surface area contributed by atoms with Crippen LogP contribution in [0.25, 0.3) is 0 Å². The van der Waals surface area contributed by atoms with Gasteiger partial charge in [0.15, 0.2) is 0 Å². The van der Waals surface area contributed by atoms with Crippen molar-refractivity contribution in [2.24, 2.45) is 11.8 Å². The van der Waals surface area contributed by atoms with Crippen molar-refractivity contribution in [3.63, 3.8) is 0 Å². The third kappa shape index (κ3) is 5.35. The van der Waals surface area contributed by atoms with E-state index in [4.69, 9.17) is 4.74 Å². The number of nitrogens with one attached hydrogen (secondary N) is 1. The molecule has 2 aliphatic rings. The predicted molar refractivity (Wildman–Crippen MR) is 126 cm³/mol. The fourth-order valence-corrected chi connectivity index (χ4v) is 4.54. The van der Waals surface area contributed by atoms with Gasteiger partial charge in [0.1, 0.15) is 5.75 Å². The summed E-state index contributed by atoms with van der Waals surface area (Å²) in [5, 5.41) is 3.00. The summed E-state index contributed by atoms with van der Waals surface area (Å²) >= 11 is 0. The zero-order valence-corrected chi connectivity index (χ0v) is 19.3. The molecular weight excluding hydrogens is 418 g/mol. The summed E-state index contributed by atoms with van der Waals surface area (Å²) < 4.78 is 5.15. The molecule has 3 amide bonds. The molecule has 2 heterocycles. The highest BCUT2D eigenvalue weighted by Crippen LogP contribution is 2.28. The number of likely N-dealkylation sites (tertiary alicyclic amines) is 1. The van der Waals surface area contributed by atoms with Crippen LogP contribution in [0.2, 0.25) is 0 Å². The maximum Gasteiger partial charge on any atom is 0.228 e. The molecule has 7 heteroatoms. The predicted octanol–water partition coefficient (Wildman–Crippen LogP) is 2.91. The molecule has 1 N–H and O–H groups in total. The maximum atomic E-state index is 13.1. The summed E-state index contributed by atoms with van der Waals surface area (Å²) in [6.45, 7) is 4.00. The molecule has 2 aromatic rings. The zero-order valence-electron chi connectivity index (χ0n) is 19.3. The molecule has 0 spiro atoms. The van der Waals surface area contributed by atoms with Gasteiger partial charge in [-0.15, -0.1) is 0 Å². The van der Waals surface area contributed by atoms with Gasteiger partial charge < -0.3 is 19.9 Å². The highest BCUT2D eigenvalue weighted by Gasteiger charge is 2.38. The summed E-state index contributed by atoms with van der Waals surface area (Å²) in [5.41, 5.74) is 2.99. The number of benzene rings is 2. The number of ether oxygens (including phenoxy) is 1. The fourth-order valence-electron chi connectivity index (χ4n) is 4.54. The average molecular weight is 450 g/mol. The van der Waals surface area contributed by atoms with E-state index in [1.807, 2.05) is 60.4 Å². The van der Waals surface area contributed by atoms with Gasteiger partial charge in [0.05, 0.1) is 13.0 Å². The molecule has 4 rings (SSSR count). The Kier molecular flexibility index (Phi) is 6.96. The fraction of sp³-hybridized carbons (Fsp3) is 0.423. The molecule has 0 radical (unpaired) electrons. The Morgan fingerprint density at radius 1 is 1.00 bits per heavy atom. The number of methoxy groups -OCH3 is 1. The highest BCUT2D eigenvalue weighted by atomic mass is 16.5. The van der Waals surface area contributed by atoms with E-state index >= 15 is 0 Å². The molecule has 1 atom stereocenters. The van der Waals surface area contributed by atoms with E-state index in [1.54, 1.807) is 12.0 Å². The number of aryl methyl sites for hydroxylation is 1. The second-order valence-corrected chi connectivity index (χ2v) is 8.91.